The Balaban J connectivity index is 2.08. The van der Waals surface area contributed by atoms with Crippen molar-refractivity contribution in [1.29, 1.82) is 0 Å². The van der Waals surface area contributed by atoms with Crippen LogP contribution < -0.4 is 0 Å². The Labute approximate surface area is 116 Å². The summed E-state index contributed by atoms with van der Waals surface area (Å²) in [6.45, 7) is 0.561. The molecule has 1 N–H and O–H groups in total. The van der Waals surface area contributed by atoms with Crippen LogP contribution in [0.2, 0.25) is 4.34 Å². The molecule has 0 fully saturated rings. The van der Waals surface area contributed by atoms with Crippen molar-refractivity contribution in [3.63, 3.8) is 0 Å². The Hall–Kier alpha value is -0.870. The molecule has 4 heteroatoms. The fraction of sp³-hybridized carbons (Fsp3) is 0.286. The lowest BCUT2D eigenvalue weighted by Crippen LogP contribution is -2.01. The standard InChI is InChI=1S/C14H15ClO2S/c1-17-9-10-3-2-4-11(7-10)13(16)8-12-5-6-14(15)18-12/h2-7,13,16H,8-9H2,1H3. The van der Waals surface area contributed by atoms with Gasteiger partial charge in [0.05, 0.1) is 17.0 Å². The zero-order valence-electron chi connectivity index (χ0n) is 10.1. The van der Waals surface area contributed by atoms with Gasteiger partial charge in [-0.25, -0.2) is 0 Å². The van der Waals surface area contributed by atoms with E-state index in [1.54, 1.807) is 7.11 Å². The first-order valence-electron chi connectivity index (χ1n) is 5.69. The Morgan fingerprint density at radius 2 is 2.17 bits per heavy atom. The van der Waals surface area contributed by atoms with E-state index >= 15 is 0 Å². The molecule has 0 aliphatic rings. The maximum atomic E-state index is 10.2. The summed E-state index contributed by atoms with van der Waals surface area (Å²) < 4.78 is 5.84. The fourth-order valence-electron chi connectivity index (χ4n) is 1.83. The topological polar surface area (TPSA) is 29.5 Å². The predicted molar refractivity (Wildman–Crippen MR) is 75.1 cm³/mol. The van der Waals surface area contributed by atoms with Crippen molar-refractivity contribution in [3.05, 3.63) is 56.7 Å². The van der Waals surface area contributed by atoms with Gasteiger partial charge in [-0.1, -0.05) is 35.9 Å². The third kappa shape index (κ3) is 3.56. The Morgan fingerprint density at radius 1 is 1.33 bits per heavy atom. The van der Waals surface area contributed by atoms with Crippen molar-refractivity contribution in [2.75, 3.05) is 7.11 Å². The predicted octanol–water partition coefficient (Wildman–Crippen LogP) is 3.82. The van der Waals surface area contributed by atoms with E-state index in [-0.39, 0.29) is 0 Å². The first-order valence-corrected chi connectivity index (χ1v) is 6.88. The Morgan fingerprint density at radius 3 is 2.83 bits per heavy atom. The van der Waals surface area contributed by atoms with E-state index in [0.29, 0.717) is 13.0 Å². The van der Waals surface area contributed by atoms with Crippen molar-refractivity contribution in [1.82, 2.24) is 0 Å². The Bertz CT molecular complexity index is 510. The number of benzene rings is 1. The molecule has 1 atom stereocenters. The molecule has 2 nitrogen and oxygen atoms in total. The molecule has 0 aliphatic heterocycles. The summed E-state index contributed by atoms with van der Waals surface area (Å²) in [5.74, 6) is 0. The number of methoxy groups -OCH3 is 1. The average molecular weight is 283 g/mol. The first kappa shape index (κ1) is 13.6. The minimum Gasteiger partial charge on any atom is -0.388 e. The molecule has 0 saturated heterocycles. The highest BCUT2D eigenvalue weighted by atomic mass is 35.5. The number of rotatable bonds is 5. The van der Waals surface area contributed by atoms with Crippen molar-refractivity contribution in [2.45, 2.75) is 19.1 Å². The van der Waals surface area contributed by atoms with Gasteiger partial charge >= 0.3 is 0 Å². The van der Waals surface area contributed by atoms with Crippen LogP contribution >= 0.6 is 22.9 Å². The van der Waals surface area contributed by atoms with Crippen LogP contribution in [0, 0.1) is 0 Å². The molecule has 0 aliphatic carbocycles. The van der Waals surface area contributed by atoms with Crippen LogP contribution in [0.25, 0.3) is 0 Å². The van der Waals surface area contributed by atoms with Gasteiger partial charge in [-0.05, 0) is 23.3 Å². The van der Waals surface area contributed by atoms with Crippen molar-refractivity contribution in [3.8, 4) is 0 Å². The van der Waals surface area contributed by atoms with Crippen molar-refractivity contribution in [2.24, 2.45) is 0 Å². The number of aliphatic hydroxyl groups excluding tert-OH is 1. The average Bonchev–Trinajstić information content (AvgIpc) is 2.75. The molecule has 0 radical (unpaired) electrons. The largest absolute Gasteiger partial charge is 0.388 e. The summed E-state index contributed by atoms with van der Waals surface area (Å²) in [5.41, 5.74) is 1.98. The monoisotopic (exact) mass is 282 g/mol. The van der Waals surface area contributed by atoms with Gasteiger partial charge in [0, 0.05) is 18.4 Å². The number of ether oxygens (including phenoxy) is 1. The maximum absolute atomic E-state index is 10.2. The SMILES string of the molecule is COCc1cccc(C(O)Cc2ccc(Cl)s2)c1. The van der Waals surface area contributed by atoms with Crippen LogP contribution in [0.15, 0.2) is 36.4 Å². The van der Waals surface area contributed by atoms with Crippen LogP contribution in [0.5, 0.6) is 0 Å². The lowest BCUT2D eigenvalue weighted by Gasteiger charge is -2.11. The van der Waals surface area contributed by atoms with Gasteiger partial charge < -0.3 is 9.84 Å². The highest BCUT2D eigenvalue weighted by Crippen LogP contribution is 2.26. The van der Waals surface area contributed by atoms with Crippen LogP contribution in [-0.2, 0) is 17.8 Å². The molecule has 1 aromatic carbocycles. The van der Waals surface area contributed by atoms with Crippen LogP contribution in [0.3, 0.4) is 0 Å². The zero-order valence-corrected chi connectivity index (χ0v) is 11.7. The molecule has 2 aromatic rings. The van der Waals surface area contributed by atoms with Gasteiger partial charge in [0.25, 0.3) is 0 Å². The molecule has 96 valence electrons. The number of hydrogen-bond acceptors (Lipinski definition) is 3. The molecular weight excluding hydrogens is 268 g/mol. The molecule has 0 amide bonds. The molecule has 18 heavy (non-hydrogen) atoms. The summed E-state index contributed by atoms with van der Waals surface area (Å²) in [5, 5.41) is 10.2. The normalized spacial score (nSPS) is 12.6. The quantitative estimate of drug-likeness (QED) is 0.903. The van der Waals surface area contributed by atoms with Gasteiger partial charge in [-0.15, -0.1) is 11.3 Å². The van der Waals surface area contributed by atoms with Crippen molar-refractivity contribution >= 4 is 22.9 Å². The van der Waals surface area contributed by atoms with Gasteiger partial charge in [0.1, 0.15) is 0 Å². The first-order chi connectivity index (χ1) is 8.69. The second-order valence-electron chi connectivity index (χ2n) is 4.10. The van der Waals surface area contributed by atoms with Gasteiger partial charge in [0.2, 0.25) is 0 Å². The van der Waals surface area contributed by atoms with Crippen molar-refractivity contribution < 1.29 is 9.84 Å². The molecular formula is C14H15ClO2S. The molecule has 2 rings (SSSR count). The van der Waals surface area contributed by atoms with Crippen LogP contribution in [0.1, 0.15) is 22.1 Å². The number of aliphatic hydroxyl groups is 1. The molecule has 0 saturated carbocycles. The summed E-state index contributed by atoms with van der Waals surface area (Å²) in [6, 6.07) is 11.6. The number of hydrogen-bond donors (Lipinski definition) is 1. The van der Waals surface area contributed by atoms with E-state index in [1.165, 1.54) is 11.3 Å². The number of halogens is 1. The lowest BCUT2D eigenvalue weighted by atomic mass is 10.0. The van der Waals surface area contributed by atoms with E-state index in [1.807, 2.05) is 36.4 Å². The fourth-order valence-corrected chi connectivity index (χ4v) is 2.95. The van der Waals surface area contributed by atoms with Crippen LogP contribution in [-0.4, -0.2) is 12.2 Å². The molecule has 0 bridgehead atoms. The number of thiophene rings is 1. The van der Waals surface area contributed by atoms with Gasteiger partial charge in [-0.2, -0.15) is 0 Å². The second kappa shape index (κ2) is 6.34. The van der Waals surface area contributed by atoms with E-state index in [9.17, 15) is 5.11 Å². The zero-order chi connectivity index (χ0) is 13.0. The van der Waals surface area contributed by atoms with Gasteiger partial charge in [0.15, 0.2) is 0 Å². The van der Waals surface area contributed by atoms with Gasteiger partial charge in [-0.3, -0.25) is 0 Å². The minimum atomic E-state index is -0.503. The molecule has 1 aromatic heterocycles. The van der Waals surface area contributed by atoms with E-state index in [4.69, 9.17) is 16.3 Å². The maximum Gasteiger partial charge on any atom is 0.0931 e. The third-order valence-electron chi connectivity index (χ3n) is 2.67. The van der Waals surface area contributed by atoms with Crippen LogP contribution in [0.4, 0.5) is 0 Å². The summed E-state index contributed by atoms with van der Waals surface area (Å²) in [7, 11) is 1.66. The molecule has 1 heterocycles. The summed E-state index contributed by atoms with van der Waals surface area (Å²) in [4.78, 5) is 1.09. The van der Waals surface area contributed by atoms with E-state index < -0.39 is 6.10 Å². The molecule has 0 spiro atoms. The summed E-state index contributed by atoms with van der Waals surface area (Å²) >= 11 is 7.38. The lowest BCUT2D eigenvalue weighted by molar-refractivity contribution is 0.176. The van der Waals surface area contributed by atoms with E-state index in [0.717, 1.165) is 20.3 Å². The van der Waals surface area contributed by atoms with E-state index in [2.05, 4.69) is 0 Å². The Kier molecular flexibility index (Phi) is 4.78. The highest BCUT2D eigenvalue weighted by molar-refractivity contribution is 7.16. The molecule has 1 unspecified atom stereocenters. The smallest absolute Gasteiger partial charge is 0.0931 e. The third-order valence-corrected chi connectivity index (χ3v) is 3.92. The second-order valence-corrected chi connectivity index (χ2v) is 5.90. The highest BCUT2D eigenvalue weighted by Gasteiger charge is 2.10. The minimum absolute atomic E-state index is 0.503. The summed E-state index contributed by atoms with van der Waals surface area (Å²) in [6.07, 6.45) is 0.0879.